The molecule has 3 unspecified atom stereocenters. The summed E-state index contributed by atoms with van der Waals surface area (Å²) in [6.45, 7) is 9.55. The number of unbranched alkanes of at least 4 members (excludes halogenated alkanes) is 1. The highest BCUT2D eigenvalue weighted by molar-refractivity contribution is 4.92. The molecule has 0 aliphatic carbocycles. The average Bonchev–Trinajstić information content (AvgIpc) is 2.59. The van der Waals surface area contributed by atoms with E-state index in [4.69, 9.17) is 0 Å². The summed E-state index contributed by atoms with van der Waals surface area (Å²) in [5.74, 6) is 0. The summed E-state index contributed by atoms with van der Waals surface area (Å²) in [5.41, 5.74) is 0. The first-order chi connectivity index (χ1) is 8.72. The summed E-state index contributed by atoms with van der Waals surface area (Å²) in [6.07, 6.45) is 6.80. The molecule has 2 saturated heterocycles. The van der Waals surface area contributed by atoms with Gasteiger partial charge in [0.05, 0.1) is 0 Å². The number of hydrogen-bond donors (Lipinski definition) is 1. The molecule has 3 nitrogen and oxygen atoms in total. The van der Waals surface area contributed by atoms with Gasteiger partial charge < -0.3 is 5.32 Å². The van der Waals surface area contributed by atoms with Crippen molar-refractivity contribution in [3.05, 3.63) is 0 Å². The van der Waals surface area contributed by atoms with E-state index in [9.17, 15) is 0 Å². The predicted molar refractivity (Wildman–Crippen MR) is 78.0 cm³/mol. The van der Waals surface area contributed by atoms with E-state index in [0.29, 0.717) is 6.04 Å². The largest absolute Gasteiger partial charge is 0.315 e. The third-order valence-corrected chi connectivity index (χ3v) is 4.95. The zero-order valence-corrected chi connectivity index (χ0v) is 12.5. The number of rotatable bonds is 6. The molecule has 0 aromatic heterocycles. The van der Waals surface area contributed by atoms with Crippen LogP contribution in [0.25, 0.3) is 0 Å². The SMILES string of the molecule is CCCCNCC(C)N1CCC2CCC(C1)N2C. The molecule has 2 bridgehead atoms. The number of likely N-dealkylation sites (tertiary alicyclic amines) is 1. The summed E-state index contributed by atoms with van der Waals surface area (Å²) in [6, 6.07) is 2.37. The highest BCUT2D eigenvalue weighted by atomic mass is 15.3. The summed E-state index contributed by atoms with van der Waals surface area (Å²) in [4.78, 5) is 5.34. The molecule has 0 amide bonds. The number of nitrogens with one attached hydrogen (secondary N) is 1. The minimum atomic E-state index is 0.689. The van der Waals surface area contributed by atoms with Crippen LogP contribution in [-0.4, -0.2) is 61.2 Å². The van der Waals surface area contributed by atoms with Crippen molar-refractivity contribution in [1.29, 1.82) is 0 Å². The van der Waals surface area contributed by atoms with Gasteiger partial charge in [-0.15, -0.1) is 0 Å². The fourth-order valence-corrected chi connectivity index (χ4v) is 3.48. The topological polar surface area (TPSA) is 18.5 Å². The van der Waals surface area contributed by atoms with Gasteiger partial charge in [0.2, 0.25) is 0 Å². The quantitative estimate of drug-likeness (QED) is 0.730. The minimum Gasteiger partial charge on any atom is -0.315 e. The monoisotopic (exact) mass is 253 g/mol. The molecule has 18 heavy (non-hydrogen) atoms. The second-order valence-corrected chi connectivity index (χ2v) is 6.24. The molecule has 3 heteroatoms. The van der Waals surface area contributed by atoms with Crippen LogP contribution in [0.4, 0.5) is 0 Å². The zero-order valence-electron chi connectivity index (χ0n) is 12.5. The van der Waals surface area contributed by atoms with Crippen LogP contribution in [-0.2, 0) is 0 Å². The molecule has 2 heterocycles. The number of nitrogens with zero attached hydrogens (tertiary/aromatic N) is 2. The van der Waals surface area contributed by atoms with Crippen molar-refractivity contribution < 1.29 is 0 Å². The summed E-state index contributed by atoms with van der Waals surface area (Å²) < 4.78 is 0. The van der Waals surface area contributed by atoms with E-state index in [2.05, 4.69) is 36.0 Å². The molecule has 0 radical (unpaired) electrons. The first kappa shape index (κ1) is 14.3. The van der Waals surface area contributed by atoms with Gasteiger partial charge in [-0.2, -0.15) is 0 Å². The van der Waals surface area contributed by atoms with Crippen molar-refractivity contribution in [3.63, 3.8) is 0 Å². The smallest absolute Gasteiger partial charge is 0.0223 e. The molecule has 2 aliphatic heterocycles. The third kappa shape index (κ3) is 3.46. The average molecular weight is 253 g/mol. The Kier molecular flexibility index (Phi) is 5.46. The van der Waals surface area contributed by atoms with Gasteiger partial charge in [0, 0.05) is 37.8 Å². The maximum Gasteiger partial charge on any atom is 0.0223 e. The van der Waals surface area contributed by atoms with Gasteiger partial charge in [0.1, 0.15) is 0 Å². The zero-order chi connectivity index (χ0) is 13.0. The molecule has 0 aromatic carbocycles. The van der Waals surface area contributed by atoms with Crippen molar-refractivity contribution in [2.75, 3.05) is 33.2 Å². The van der Waals surface area contributed by atoms with E-state index in [1.165, 1.54) is 51.7 Å². The summed E-state index contributed by atoms with van der Waals surface area (Å²) in [7, 11) is 2.33. The summed E-state index contributed by atoms with van der Waals surface area (Å²) in [5, 5.41) is 3.60. The Morgan fingerprint density at radius 1 is 1.22 bits per heavy atom. The maximum atomic E-state index is 3.60. The standard InChI is InChI=1S/C15H31N3/c1-4-5-9-16-11-13(2)18-10-8-14-6-7-15(12-18)17(14)3/h13-16H,4-12H2,1-3H3. The molecule has 3 atom stereocenters. The van der Waals surface area contributed by atoms with Crippen molar-refractivity contribution in [2.45, 2.75) is 64.1 Å². The molecular formula is C15H31N3. The van der Waals surface area contributed by atoms with E-state index < -0.39 is 0 Å². The van der Waals surface area contributed by atoms with Crippen LogP contribution in [0.2, 0.25) is 0 Å². The van der Waals surface area contributed by atoms with Crippen molar-refractivity contribution in [1.82, 2.24) is 15.1 Å². The lowest BCUT2D eigenvalue weighted by atomic mass is 10.1. The first-order valence-corrected chi connectivity index (χ1v) is 7.89. The molecule has 0 saturated carbocycles. The normalized spacial score (nSPS) is 31.5. The molecule has 1 N–H and O–H groups in total. The Bertz CT molecular complexity index is 244. The van der Waals surface area contributed by atoms with Crippen LogP contribution in [0, 0.1) is 0 Å². The van der Waals surface area contributed by atoms with Gasteiger partial charge in [-0.05, 0) is 46.2 Å². The van der Waals surface area contributed by atoms with Gasteiger partial charge in [0.25, 0.3) is 0 Å². The van der Waals surface area contributed by atoms with E-state index in [1.807, 2.05) is 0 Å². The predicted octanol–water partition coefficient (Wildman–Crippen LogP) is 1.93. The highest BCUT2D eigenvalue weighted by Crippen LogP contribution is 2.28. The molecule has 2 aliphatic rings. The van der Waals surface area contributed by atoms with E-state index in [1.54, 1.807) is 0 Å². The third-order valence-electron chi connectivity index (χ3n) is 4.95. The molecule has 2 fully saturated rings. The fraction of sp³-hybridized carbons (Fsp3) is 1.00. The second-order valence-electron chi connectivity index (χ2n) is 6.24. The van der Waals surface area contributed by atoms with Gasteiger partial charge in [0.15, 0.2) is 0 Å². The molecule has 0 aromatic rings. The first-order valence-electron chi connectivity index (χ1n) is 7.89. The Morgan fingerprint density at radius 3 is 2.78 bits per heavy atom. The Morgan fingerprint density at radius 2 is 2.00 bits per heavy atom. The molecule has 106 valence electrons. The van der Waals surface area contributed by atoms with Crippen molar-refractivity contribution in [2.24, 2.45) is 0 Å². The van der Waals surface area contributed by atoms with Crippen LogP contribution in [0.5, 0.6) is 0 Å². The van der Waals surface area contributed by atoms with Crippen molar-refractivity contribution in [3.8, 4) is 0 Å². The van der Waals surface area contributed by atoms with E-state index in [-0.39, 0.29) is 0 Å². The molecule has 2 rings (SSSR count). The molecule has 0 spiro atoms. The maximum absolute atomic E-state index is 3.60. The molecular weight excluding hydrogens is 222 g/mol. The number of likely N-dealkylation sites (N-methyl/N-ethyl adjacent to an activating group) is 1. The summed E-state index contributed by atoms with van der Waals surface area (Å²) >= 11 is 0. The van der Waals surface area contributed by atoms with E-state index in [0.717, 1.165) is 18.6 Å². The van der Waals surface area contributed by atoms with Crippen LogP contribution in [0.1, 0.15) is 46.0 Å². The Hall–Kier alpha value is -0.120. The van der Waals surface area contributed by atoms with Gasteiger partial charge >= 0.3 is 0 Å². The lowest BCUT2D eigenvalue weighted by Crippen LogP contribution is -2.45. The highest BCUT2D eigenvalue weighted by Gasteiger charge is 2.35. The van der Waals surface area contributed by atoms with Crippen LogP contribution >= 0.6 is 0 Å². The lowest BCUT2D eigenvalue weighted by molar-refractivity contribution is 0.178. The minimum absolute atomic E-state index is 0.689. The van der Waals surface area contributed by atoms with Crippen LogP contribution in [0.15, 0.2) is 0 Å². The lowest BCUT2D eigenvalue weighted by Gasteiger charge is -2.31. The Labute approximate surface area is 113 Å². The Balaban J connectivity index is 1.75. The second kappa shape index (κ2) is 6.88. The van der Waals surface area contributed by atoms with Gasteiger partial charge in [-0.3, -0.25) is 9.80 Å². The van der Waals surface area contributed by atoms with Gasteiger partial charge in [-0.1, -0.05) is 13.3 Å². The number of fused-ring (bicyclic) bond motifs is 2. The van der Waals surface area contributed by atoms with E-state index >= 15 is 0 Å². The number of hydrogen-bond acceptors (Lipinski definition) is 3. The van der Waals surface area contributed by atoms with Crippen molar-refractivity contribution >= 4 is 0 Å². The van der Waals surface area contributed by atoms with Crippen LogP contribution < -0.4 is 5.32 Å². The van der Waals surface area contributed by atoms with Crippen LogP contribution in [0.3, 0.4) is 0 Å². The van der Waals surface area contributed by atoms with Gasteiger partial charge in [-0.25, -0.2) is 0 Å². The fourth-order valence-electron chi connectivity index (χ4n) is 3.48.